The third kappa shape index (κ3) is 4.63. The second kappa shape index (κ2) is 6.65. The number of hydrogen-bond acceptors (Lipinski definition) is 2. The summed E-state index contributed by atoms with van der Waals surface area (Å²) in [7, 11) is 0. The molecule has 0 aromatic heterocycles. The number of carbonyl (C=O) groups is 1. The van der Waals surface area contributed by atoms with Crippen molar-refractivity contribution in [3.05, 3.63) is 54.3 Å². The maximum atomic E-state index is 10.8. The molecule has 0 aliphatic heterocycles. The monoisotopic (exact) mass is 216 g/mol. The molecule has 2 heteroatoms. The van der Waals surface area contributed by atoms with Crippen molar-refractivity contribution in [2.24, 2.45) is 0 Å². The lowest BCUT2D eigenvalue weighted by atomic mass is 10.1. The largest absolute Gasteiger partial charge is 0.458 e. The summed E-state index contributed by atoms with van der Waals surface area (Å²) in [6.07, 6.45) is 3.09. The lowest BCUT2D eigenvalue weighted by Crippen LogP contribution is -2.14. The molecule has 0 aliphatic carbocycles. The highest BCUT2D eigenvalue weighted by Gasteiger charge is 2.07. The van der Waals surface area contributed by atoms with Gasteiger partial charge in [0, 0.05) is 6.92 Å². The first-order valence-electron chi connectivity index (χ1n) is 5.29. The molecule has 1 aromatic rings. The van der Waals surface area contributed by atoms with E-state index in [9.17, 15) is 4.79 Å². The van der Waals surface area contributed by atoms with E-state index in [1.807, 2.05) is 18.2 Å². The maximum Gasteiger partial charge on any atom is 0.303 e. The zero-order valence-corrected chi connectivity index (χ0v) is 9.48. The summed E-state index contributed by atoms with van der Waals surface area (Å²) in [5, 5.41) is 0. The van der Waals surface area contributed by atoms with Gasteiger partial charge in [0.25, 0.3) is 0 Å². The molecule has 1 rings (SSSR count). The lowest BCUT2D eigenvalue weighted by Gasteiger charge is -2.11. The van der Waals surface area contributed by atoms with Gasteiger partial charge < -0.3 is 4.74 Å². The maximum absolute atomic E-state index is 10.8. The summed E-state index contributed by atoms with van der Waals surface area (Å²) >= 11 is 0. The van der Waals surface area contributed by atoms with Crippen molar-refractivity contribution in [2.75, 3.05) is 0 Å². The molecule has 16 heavy (non-hydrogen) atoms. The topological polar surface area (TPSA) is 26.3 Å². The Morgan fingerprint density at radius 2 is 2.19 bits per heavy atom. The van der Waals surface area contributed by atoms with E-state index < -0.39 is 0 Å². The highest BCUT2D eigenvalue weighted by atomic mass is 16.5. The van der Waals surface area contributed by atoms with Gasteiger partial charge in [0.05, 0.1) is 0 Å². The zero-order chi connectivity index (χ0) is 11.8. The molecule has 0 fully saturated rings. The molecular formula is C14H16O2. The molecule has 1 atom stereocenters. The number of rotatable bonds is 5. The molecule has 0 amide bonds. The van der Waals surface area contributed by atoms with Crippen molar-refractivity contribution in [1.29, 1.82) is 0 Å². The van der Waals surface area contributed by atoms with Crippen molar-refractivity contribution in [2.45, 2.75) is 25.9 Å². The molecule has 0 radical (unpaired) electrons. The van der Waals surface area contributed by atoms with Crippen LogP contribution in [-0.4, -0.2) is 12.1 Å². The van der Waals surface area contributed by atoms with Crippen LogP contribution in [0, 0.1) is 0 Å². The number of ether oxygens (including phenoxy) is 1. The molecule has 0 N–H and O–H groups in total. The normalized spacial score (nSPS) is 11.3. The summed E-state index contributed by atoms with van der Waals surface area (Å²) in [4.78, 5) is 10.8. The Morgan fingerprint density at radius 1 is 1.50 bits per heavy atom. The van der Waals surface area contributed by atoms with Gasteiger partial charge in [-0.1, -0.05) is 36.9 Å². The quantitative estimate of drug-likeness (QED) is 0.559. The van der Waals surface area contributed by atoms with Crippen LogP contribution in [-0.2, 0) is 16.0 Å². The molecule has 0 bridgehead atoms. The van der Waals surface area contributed by atoms with Crippen molar-refractivity contribution in [3.8, 4) is 0 Å². The number of hydrogen-bond donors (Lipinski definition) is 0. The van der Waals surface area contributed by atoms with Gasteiger partial charge in [-0.25, -0.2) is 0 Å². The predicted octanol–water partition coefficient (Wildman–Crippen LogP) is 2.89. The number of carbonyl (C=O) groups excluding carboxylic acids is 1. The van der Waals surface area contributed by atoms with Crippen molar-refractivity contribution < 1.29 is 9.53 Å². The molecule has 84 valence electrons. The van der Waals surface area contributed by atoms with Gasteiger partial charge in [-0.2, -0.15) is 0 Å². The van der Waals surface area contributed by atoms with Crippen LogP contribution in [0.4, 0.5) is 0 Å². The summed E-state index contributed by atoms with van der Waals surface area (Å²) in [5.74, 6) is -0.274. The molecule has 0 spiro atoms. The lowest BCUT2D eigenvalue weighted by molar-refractivity contribution is -0.144. The van der Waals surface area contributed by atoms with E-state index in [2.05, 4.69) is 24.4 Å². The van der Waals surface area contributed by atoms with Crippen LogP contribution in [0.15, 0.2) is 48.7 Å². The van der Waals surface area contributed by atoms with Gasteiger partial charge in [0.1, 0.15) is 6.10 Å². The Balaban J connectivity index is 2.50. The van der Waals surface area contributed by atoms with Gasteiger partial charge in [-0.3, -0.25) is 4.79 Å². The molecule has 0 heterocycles. The summed E-state index contributed by atoms with van der Waals surface area (Å²) in [6, 6.07) is 10.1. The molecule has 0 aliphatic rings. The SMILES string of the molecule is C=C=CC(CCc1ccccc1)OC(C)=O. The smallest absolute Gasteiger partial charge is 0.303 e. The Bertz CT molecular complexity index is 375. The number of esters is 1. The summed E-state index contributed by atoms with van der Waals surface area (Å²) in [5.41, 5.74) is 3.89. The van der Waals surface area contributed by atoms with E-state index in [1.165, 1.54) is 12.5 Å². The molecule has 1 aromatic carbocycles. The van der Waals surface area contributed by atoms with E-state index in [0.29, 0.717) is 0 Å². The first-order valence-corrected chi connectivity index (χ1v) is 5.29. The van der Waals surface area contributed by atoms with Gasteiger partial charge in [-0.05, 0) is 24.5 Å². The first kappa shape index (κ1) is 12.3. The zero-order valence-electron chi connectivity index (χ0n) is 9.48. The minimum absolute atomic E-state index is 0.227. The minimum atomic E-state index is -0.274. The molecule has 0 saturated heterocycles. The van der Waals surface area contributed by atoms with Crippen LogP contribution in [0.25, 0.3) is 0 Å². The fourth-order valence-electron chi connectivity index (χ4n) is 1.47. The van der Waals surface area contributed by atoms with Crippen LogP contribution >= 0.6 is 0 Å². The van der Waals surface area contributed by atoms with Gasteiger partial charge >= 0.3 is 5.97 Å². The first-order chi connectivity index (χ1) is 7.72. The van der Waals surface area contributed by atoms with E-state index in [-0.39, 0.29) is 12.1 Å². The molecular weight excluding hydrogens is 200 g/mol. The molecule has 1 unspecified atom stereocenters. The fourth-order valence-corrected chi connectivity index (χ4v) is 1.47. The predicted molar refractivity (Wildman–Crippen MR) is 64.0 cm³/mol. The second-order valence-electron chi connectivity index (χ2n) is 3.54. The van der Waals surface area contributed by atoms with Crippen LogP contribution in [0.5, 0.6) is 0 Å². The van der Waals surface area contributed by atoms with Gasteiger partial charge in [-0.15, -0.1) is 5.73 Å². The van der Waals surface area contributed by atoms with Crippen LogP contribution in [0.3, 0.4) is 0 Å². The summed E-state index contributed by atoms with van der Waals surface area (Å²) < 4.78 is 5.12. The third-order valence-electron chi connectivity index (χ3n) is 2.18. The van der Waals surface area contributed by atoms with Crippen LogP contribution in [0.2, 0.25) is 0 Å². The highest BCUT2D eigenvalue weighted by molar-refractivity contribution is 5.66. The second-order valence-corrected chi connectivity index (χ2v) is 3.54. The molecule has 2 nitrogen and oxygen atoms in total. The summed E-state index contributed by atoms with van der Waals surface area (Å²) in [6.45, 7) is 4.90. The average molecular weight is 216 g/mol. The van der Waals surface area contributed by atoms with Gasteiger partial charge in [0.2, 0.25) is 0 Å². The van der Waals surface area contributed by atoms with Crippen molar-refractivity contribution in [1.82, 2.24) is 0 Å². The number of benzene rings is 1. The van der Waals surface area contributed by atoms with E-state index >= 15 is 0 Å². The van der Waals surface area contributed by atoms with E-state index in [4.69, 9.17) is 4.74 Å². The minimum Gasteiger partial charge on any atom is -0.458 e. The number of aryl methyl sites for hydroxylation is 1. The molecule has 0 saturated carbocycles. The Labute approximate surface area is 96.2 Å². The Morgan fingerprint density at radius 3 is 2.75 bits per heavy atom. The van der Waals surface area contributed by atoms with E-state index in [0.717, 1.165) is 12.8 Å². The van der Waals surface area contributed by atoms with Crippen molar-refractivity contribution >= 4 is 5.97 Å². The Hall–Kier alpha value is -1.79. The van der Waals surface area contributed by atoms with Crippen molar-refractivity contribution in [3.63, 3.8) is 0 Å². The van der Waals surface area contributed by atoms with E-state index in [1.54, 1.807) is 6.08 Å². The Kier molecular flexibility index (Phi) is 5.10. The van der Waals surface area contributed by atoms with Gasteiger partial charge in [0.15, 0.2) is 0 Å². The third-order valence-corrected chi connectivity index (χ3v) is 2.18. The van der Waals surface area contributed by atoms with Crippen LogP contribution < -0.4 is 0 Å². The fraction of sp³-hybridized carbons (Fsp3) is 0.286. The highest BCUT2D eigenvalue weighted by Crippen LogP contribution is 2.08. The average Bonchev–Trinajstić information content (AvgIpc) is 2.27. The standard InChI is InChI=1S/C14H16O2/c1-3-7-14(16-12(2)15)11-10-13-8-5-4-6-9-13/h4-9,14H,1,10-11H2,2H3. The van der Waals surface area contributed by atoms with Crippen LogP contribution in [0.1, 0.15) is 18.9 Å².